The molecule has 0 fully saturated rings. The van der Waals surface area contributed by atoms with E-state index < -0.39 is 21.8 Å². The van der Waals surface area contributed by atoms with E-state index in [0.29, 0.717) is 11.3 Å². The maximum atomic E-state index is 12.3. The van der Waals surface area contributed by atoms with Crippen LogP contribution in [0.3, 0.4) is 0 Å². The van der Waals surface area contributed by atoms with Gasteiger partial charge in [0.15, 0.2) is 9.84 Å². The van der Waals surface area contributed by atoms with Crippen molar-refractivity contribution in [2.24, 2.45) is 0 Å². The number of hydrogen-bond acceptors (Lipinski definition) is 5. The van der Waals surface area contributed by atoms with Crippen LogP contribution < -0.4 is 5.32 Å². The molecular formula is C17H20N2O4S. The molecule has 0 bridgehead atoms. The lowest BCUT2D eigenvalue weighted by Crippen LogP contribution is -2.35. The summed E-state index contributed by atoms with van der Waals surface area (Å²) in [5.74, 6) is -0.449. The van der Waals surface area contributed by atoms with Gasteiger partial charge in [0.2, 0.25) is 0 Å². The average Bonchev–Trinajstić information content (AvgIpc) is 2.54. The number of amides is 1. The summed E-state index contributed by atoms with van der Waals surface area (Å²) in [6.07, 6.45) is 2.77. The summed E-state index contributed by atoms with van der Waals surface area (Å²) >= 11 is 0. The molecule has 1 heterocycles. The van der Waals surface area contributed by atoms with Gasteiger partial charge in [-0.3, -0.25) is 9.78 Å². The molecule has 0 aliphatic heterocycles. The van der Waals surface area contributed by atoms with Crippen molar-refractivity contribution in [1.29, 1.82) is 0 Å². The highest BCUT2D eigenvalue weighted by Crippen LogP contribution is 2.23. The van der Waals surface area contributed by atoms with Gasteiger partial charge in [-0.2, -0.15) is 0 Å². The van der Waals surface area contributed by atoms with Crippen molar-refractivity contribution in [2.45, 2.75) is 24.8 Å². The fourth-order valence-electron chi connectivity index (χ4n) is 2.08. The zero-order valence-electron chi connectivity index (χ0n) is 13.8. The molecule has 0 spiro atoms. The number of aromatic nitrogens is 1. The van der Waals surface area contributed by atoms with Crippen LogP contribution in [0.1, 0.15) is 22.8 Å². The van der Waals surface area contributed by atoms with E-state index in [2.05, 4.69) is 10.3 Å². The van der Waals surface area contributed by atoms with Crippen molar-refractivity contribution < 1.29 is 18.3 Å². The number of aliphatic hydroxyl groups excluding tert-OH is 1. The Bertz CT molecular complexity index is 845. The van der Waals surface area contributed by atoms with Crippen molar-refractivity contribution >= 4 is 15.7 Å². The van der Waals surface area contributed by atoms with Gasteiger partial charge >= 0.3 is 0 Å². The highest BCUT2D eigenvalue weighted by molar-refractivity contribution is 7.90. The Morgan fingerprint density at radius 2 is 2.00 bits per heavy atom. The van der Waals surface area contributed by atoms with Crippen LogP contribution in [-0.4, -0.2) is 43.3 Å². The second-order valence-electron chi connectivity index (χ2n) is 5.80. The quantitative estimate of drug-likeness (QED) is 0.855. The van der Waals surface area contributed by atoms with Crippen LogP contribution >= 0.6 is 0 Å². The summed E-state index contributed by atoms with van der Waals surface area (Å²) < 4.78 is 23.9. The molecule has 0 saturated carbocycles. The number of pyridine rings is 1. The molecule has 2 rings (SSSR count). The molecule has 0 saturated heterocycles. The minimum absolute atomic E-state index is 0.0455. The Morgan fingerprint density at radius 1 is 1.29 bits per heavy atom. The molecule has 6 nitrogen and oxygen atoms in total. The van der Waals surface area contributed by atoms with Gasteiger partial charge in [-0.15, -0.1) is 0 Å². The molecule has 0 radical (unpaired) electrons. The van der Waals surface area contributed by atoms with Crippen LogP contribution in [0.25, 0.3) is 11.3 Å². The number of rotatable bonds is 5. The van der Waals surface area contributed by atoms with E-state index in [1.165, 1.54) is 12.1 Å². The van der Waals surface area contributed by atoms with E-state index >= 15 is 0 Å². The summed E-state index contributed by atoms with van der Waals surface area (Å²) in [6.45, 7) is 3.35. The van der Waals surface area contributed by atoms with Crippen molar-refractivity contribution in [3.05, 3.63) is 47.7 Å². The Balaban J connectivity index is 2.53. The Labute approximate surface area is 141 Å². The van der Waals surface area contributed by atoms with Gasteiger partial charge in [-0.1, -0.05) is 6.07 Å². The number of nitrogens with one attached hydrogen (secondary N) is 1. The summed E-state index contributed by atoms with van der Waals surface area (Å²) in [5.41, 5.74) is 2.30. The molecule has 1 atom stereocenters. The van der Waals surface area contributed by atoms with E-state index in [1.54, 1.807) is 25.3 Å². The molecule has 24 heavy (non-hydrogen) atoms. The first-order chi connectivity index (χ1) is 11.2. The number of sulfone groups is 1. The van der Waals surface area contributed by atoms with E-state index in [1.807, 2.05) is 13.0 Å². The minimum atomic E-state index is -3.49. The van der Waals surface area contributed by atoms with Crippen molar-refractivity contribution in [3.63, 3.8) is 0 Å². The minimum Gasteiger partial charge on any atom is -0.394 e. The summed E-state index contributed by atoms with van der Waals surface area (Å²) in [7, 11) is -3.49. The smallest absolute Gasteiger partial charge is 0.251 e. The predicted octanol–water partition coefficient (Wildman–Crippen LogP) is 1.57. The Kier molecular flexibility index (Phi) is 5.36. The molecular weight excluding hydrogens is 328 g/mol. The molecule has 1 aromatic carbocycles. The molecule has 0 aliphatic carbocycles. The van der Waals surface area contributed by atoms with Gasteiger partial charge in [0.25, 0.3) is 5.91 Å². The summed E-state index contributed by atoms with van der Waals surface area (Å²) in [4.78, 5) is 16.6. The maximum absolute atomic E-state index is 12.3. The van der Waals surface area contributed by atoms with Gasteiger partial charge in [0, 0.05) is 29.6 Å². The van der Waals surface area contributed by atoms with Gasteiger partial charge in [-0.25, -0.2) is 8.42 Å². The molecule has 2 N–H and O–H groups in total. The Morgan fingerprint density at radius 3 is 2.54 bits per heavy atom. The monoisotopic (exact) mass is 348 g/mol. The van der Waals surface area contributed by atoms with Crippen LogP contribution in [0.4, 0.5) is 0 Å². The van der Waals surface area contributed by atoms with Gasteiger partial charge in [0.1, 0.15) is 0 Å². The Hall–Kier alpha value is -2.25. The predicted molar refractivity (Wildman–Crippen MR) is 91.5 cm³/mol. The van der Waals surface area contributed by atoms with E-state index in [-0.39, 0.29) is 17.1 Å². The number of carbonyl (C=O) groups is 1. The molecule has 0 aliphatic rings. The standard InChI is InChI=1S/C17H20N2O4S/c1-11-4-5-16(18-9-11)13-6-14(17(21)19-12(2)10-20)8-15(7-13)24(3,22)23/h4-9,12,20H,10H2,1-3H3,(H,19,21)/t12-/m0/s1. The van der Waals surface area contributed by atoms with Crippen LogP contribution in [0.2, 0.25) is 0 Å². The van der Waals surface area contributed by atoms with Gasteiger partial charge in [0.05, 0.1) is 17.2 Å². The number of nitrogens with zero attached hydrogens (tertiary/aromatic N) is 1. The normalized spacial score (nSPS) is 12.7. The first-order valence-corrected chi connectivity index (χ1v) is 9.29. The van der Waals surface area contributed by atoms with Crippen LogP contribution in [-0.2, 0) is 9.84 Å². The van der Waals surface area contributed by atoms with E-state index in [4.69, 9.17) is 5.11 Å². The molecule has 1 aromatic heterocycles. The van der Waals surface area contributed by atoms with Crippen LogP contribution in [0, 0.1) is 6.92 Å². The number of aryl methyl sites for hydroxylation is 1. The molecule has 0 unspecified atom stereocenters. The summed E-state index contributed by atoms with van der Waals surface area (Å²) in [5, 5.41) is 11.7. The number of hydrogen-bond donors (Lipinski definition) is 2. The average molecular weight is 348 g/mol. The maximum Gasteiger partial charge on any atom is 0.251 e. The lowest BCUT2D eigenvalue weighted by Gasteiger charge is -2.13. The lowest BCUT2D eigenvalue weighted by atomic mass is 10.1. The number of benzene rings is 1. The molecule has 7 heteroatoms. The van der Waals surface area contributed by atoms with Crippen LogP contribution in [0.5, 0.6) is 0 Å². The highest BCUT2D eigenvalue weighted by Gasteiger charge is 2.16. The fraction of sp³-hybridized carbons (Fsp3) is 0.294. The second kappa shape index (κ2) is 7.11. The zero-order valence-corrected chi connectivity index (χ0v) is 14.6. The van der Waals surface area contributed by atoms with Crippen LogP contribution in [0.15, 0.2) is 41.4 Å². The third-order valence-electron chi connectivity index (χ3n) is 3.46. The largest absolute Gasteiger partial charge is 0.394 e. The zero-order chi connectivity index (χ0) is 17.9. The topological polar surface area (TPSA) is 96.4 Å². The van der Waals surface area contributed by atoms with Gasteiger partial charge < -0.3 is 10.4 Å². The first kappa shape index (κ1) is 18.1. The molecule has 1 amide bonds. The molecule has 2 aromatic rings. The van der Waals surface area contributed by atoms with E-state index in [0.717, 1.165) is 11.8 Å². The van der Waals surface area contributed by atoms with Crippen molar-refractivity contribution in [1.82, 2.24) is 10.3 Å². The van der Waals surface area contributed by atoms with Crippen molar-refractivity contribution in [2.75, 3.05) is 12.9 Å². The highest BCUT2D eigenvalue weighted by atomic mass is 32.2. The van der Waals surface area contributed by atoms with Gasteiger partial charge in [-0.05, 0) is 43.7 Å². The fourth-order valence-corrected chi connectivity index (χ4v) is 2.77. The number of aliphatic hydroxyl groups is 1. The summed E-state index contributed by atoms with van der Waals surface area (Å²) in [6, 6.07) is 7.62. The van der Waals surface area contributed by atoms with Crippen molar-refractivity contribution in [3.8, 4) is 11.3 Å². The lowest BCUT2D eigenvalue weighted by molar-refractivity contribution is 0.0922. The first-order valence-electron chi connectivity index (χ1n) is 7.40. The molecule has 128 valence electrons. The third-order valence-corrected chi connectivity index (χ3v) is 4.55. The number of carbonyl (C=O) groups excluding carboxylic acids is 1. The SMILES string of the molecule is Cc1ccc(-c2cc(C(=O)N[C@@H](C)CO)cc(S(C)(=O)=O)c2)nc1. The third kappa shape index (κ3) is 4.39. The second-order valence-corrected chi connectivity index (χ2v) is 7.81. The van der Waals surface area contributed by atoms with E-state index in [9.17, 15) is 13.2 Å².